The number of carbonyl (C=O) groups excluding carboxylic acids is 1. The van der Waals surface area contributed by atoms with Crippen molar-refractivity contribution in [3.63, 3.8) is 0 Å². The van der Waals surface area contributed by atoms with E-state index in [0.29, 0.717) is 18.8 Å². The molecule has 0 aliphatic rings. The molecule has 0 amide bonds. The summed E-state index contributed by atoms with van der Waals surface area (Å²) in [4.78, 5) is 11.4. The van der Waals surface area contributed by atoms with Gasteiger partial charge in [-0.05, 0) is 12.3 Å². The summed E-state index contributed by atoms with van der Waals surface area (Å²) in [6, 6.07) is 0. The number of hydrogen-bond acceptors (Lipinski definition) is 2. The van der Waals surface area contributed by atoms with E-state index < -0.39 is 40.8 Å². The van der Waals surface area contributed by atoms with Gasteiger partial charge >= 0.3 is 5.97 Å². The zero-order valence-electron chi connectivity index (χ0n) is 12.3. The fraction of sp³-hybridized carbons (Fsp3) is 0.533. The minimum Gasteiger partial charge on any atom is -0.420 e. The number of esters is 1. The second-order valence-corrected chi connectivity index (χ2v) is 5.13. The third-order valence-electron chi connectivity index (χ3n) is 3.41. The first-order valence-corrected chi connectivity index (χ1v) is 7.01. The summed E-state index contributed by atoms with van der Waals surface area (Å²) in [6.45, 7) is 4.08. The molecule has 0 fully saturated rings. The Morgan fingerprint density at radius 3 is 1.95 bits per heavy atom. The molecule has 0 spiro atoms. The molecule has 0 heterocycles. The van der Waals surface area contributed by atoms with E-state index >= 15 is 0 Å². The van der Waals surface area contributed by atoms with Crippen molar-refractivity contribution in [3.8, 4) is 5.75 Å². The number of halogens is 5. The monoisotopic (exact) mass is 324 g/mol. The molecule has 2 nitrogen and oxygen atoms in total. The van der Waals surface area contributed by atoms with Crippen LogP contribution >= 0.6 is 0 Å². The van der Waals surface area contributed by atoms with Gasteiger partial charge in [-0.2, -0.15) is 8.78 Å². The fourth-order valence-corrected chi connectivity index (χ4v) is 1.81. The predicted molar refractivity (Wildman–Crippen MR) is 69.8 cm³/mol. The van der Waals surface area contributed by atoms with Gasteiger partial charge in [-0.3, -0.25) is 4.79 Å². The molecular weight excluding hydrogens is 307 g/mol. The van der Waals surface area contributed by atoms with Crippen LogP contribution in [0.2, 0.25) is 0 Å². The third-order valence-corrected chi connectivity index (χ3v) is 3.41. The standard InChI is InChI=1S/C15H17F5O2/c1-3-8(2)6-4-5-7-9(21)22-15-13(19)11(17)10(16)12(18)14(15)20/h8H,3-7H2,1-2H3/t8-/m0/s1. The second kappa shape index (κ2) is 8.10. The molecule has 124 valence electrons. The molecular formula is C15H17F5O2. The Morgan fingerprint density at radius 1 is 0.955 bits per heavy atom. The van der Waals surface area contributed by atoms with Crippen molar-refractivity contribution < 1.29 is 31.5 Å². The number of carbonyl (C=O) groups is 1. The van der Waals surface area contributed by atoms with Crippen LogP contribution in [-0.4, -0.2) is 5.97 Å². The molecule has 0 radical (unpaired) electrons. The Hall–Kier alpha value is -1.66. The van der Waals surface area contributed by atoms with E-state index in [1.807, 2.05) is 13.8 Å². The highest BCUT2D eigenvalue weighted by molar-refractivity contribution is 5.72. The highest BCUT2D eigenvalue weighted by Gasteiger charge is 2.28. The number of unbranched alkanes of at least 4 members (excludes halogenated alkanes) is 1. The van der Waals surface area contributed by atoms with E-state index in [1.54, 1.807) is 0 Å². The van der Waals surface area contributed by atoms with E-state index in [2.05, 4.69) is 4.74 Å². The van der Waals surface area contributed by atoms with E-state index in [1.165, 1.54) is 0 Å². The molecule has 1 atom stereocenters. The topological polar surface area (TPSA) is 26.3 Å². The summed E-state index contributed by atoms with van der Waals surface area (Å²) >= 11 is 0. The predicted octanol–water partition coefficient (Wildman–Crippen LogP) is 4.89. The van der Waals surface area contributed by atoms with Crippen LogP contribution in [0.3, 0.4) is 0 Å². The first-order valence-electron chi connectivity index (χ1n) is 7.01. The lowest BCUT2D eigenvalue weighted by Gasteiger charge is -2.09. The van der Waals surface area contributed by atoms with Crippen molar-refractivity contribution >= 4 is 5.97 Å². The Bertz CT molecular complexity index is 516. The molecule has 0 N–H and O–H groups in total. The Morgan fingerprint density at radius 2 is 1.45 bits per heavy atom. The van der Waals surface area contributed by atoms with Crippen LogP contribution in [0.1, 0.15) is 46.0 Å². The summed E-state index contributed by atoms with van der Waals surface area (Å²) in [5.41, 5.74) is 0. The molecule has 0 saturated carbocycles. The number of hydrogen-bond donors (Lipinski definition) is 0. The summed E-state index contributed by atoms with van der Waals surface area (Å²) < 4.78 is 69.6. The van der Waals surface area contributed by atoms with Crippen molar-refractivity contribution in [1.82, 2.24) is 0 Å². The highest BCUT2D eigenvalue weighted by atomic mass is 19.2. The lowest BCUT2D eigenvalue weighted by molar-refractivity contribution is -0.135. The van der Waals surface area contributed by atoms with E-state index in [4.69, 9.17) is 0 Å². The quantitative estimate of drug-likeness (QED) is 0.178. The molecule has 0 unspecified atom stereocenters. The lowest BCUT2D eigenvalue weighted by Crippen LogP contribution is -2.13. The minimum absolute atomic E-state index is 0.157. The molecule has 0 saturated heterocycles. The highest BCUT2D eigenvalue weighted by Crippen LogP contribution is 2.29. The van der Waals surface area contributed by atoms with Crippen molar-refractivity contribution in [3.05, 3.63) is 29.1 Å². The molecule has 1 aromatic rings. The van der Waals surface area contributed by atoms with Crippen LogP contribution in [-0.2, 0) is 4.79 Å². The van der Waals surface area contributed by atoms with Gasteiger partial charge in [0, 0.05) is 6.42 Å². The lowest BCUT2D eigenvalue weighted by atomic mass is 10.0. The van der Waals surface area contributed by atoms with Gasteiger partial charge in [0.2, 0.25) is 34.8 Å². The Kier molecular flexibility index (Phi) is 6.77. The van der Waals surface area contributed by atoms with Gasteiger partial charge in [0.15, 0.2) is 0 Å². The van der Waals surface area contributed by atoms with Crippen LogP contribution in [0.5, 0.6) is 5.75 Å². The maximum absolute atomic E-state index is 13.3. The third kappa shape index (κ3) is 4.42. The van der Waals surface area contributed by atoms with E-state index in [0.717, 1.165) is 12.8 Å². The molecule has 0 aromatic heterocycles. The largest absolute Gasteiger partial charge is 0.420 e. The second-order valence-electron chi connectivity index (χ2n) is 5.13. The van der Waals surface area contributed by atoms with Gasteiger partial charge in [-0.1, -0.05) is 33.1 Å². The average molecular weight is 324 g/mol. The molecule has 1 rings (SSSR count). The fourth-order valence-electron chi connectivity index (χ4n) is 1.81. The summed E-state index contributed by atoms with van der Waals surface area (Å²) in [5, 5.41) is 0. The number of rotatable bonds is 7. The molecule has 22 heavy (non-hydrogen) atoms. The normalized spacial score (nSPS) is 12.3. The van der Waals surface area contributed by atoms with Crippen LogP contribution in [0.4, 0.5) is 22.0 Å². The Labute approximate surface area is 125 Å². The number of ether oxygens (including phenoxy) is 1. The zero-order valence-corrected chi connectivity index (χ0v) is 12.3. The van der Waals surface area contributed by atoms with Crippen LogP contribution < -0.4 is 4.74 Å². The van der Waals surface area contributed by atoms with Gasteiger partial charge in [0.1, 0.15) is 0 Å². The van der Waals surface area contributed by atoms with Gasteiger partial charge in [0.05, 0.1) is 0 Å². The van der Waals surface area contributed by atoms with Crippen molar-refractivity contribution in [2.24, 2.45) is 5.92 Å². The molecule has 1 aromatic carbocycles. The summed E-state index contributed by atoms with van der Waals surface area (Å²) in [7, 11) is 0. The van der Waals surface area contributed by atoms with Crippen LogP contribution in [0.15, 0.2) is 0 Å². The van der Waals surface area contributed by atoms with Gasteiger partial charge < -0.3 is 4.74 Å². The molecule has 0 aliphatic carbocycles. The van der Waals surface area contributed by atoms with Gasteiger partial charge in [-0.25, -0.2) is 13.2 Å². The van der Waals surface area contributed by atoms with Gasteiger partial charge in [-0.15, -0.1) is 0 Å². The van der Waals surface area contributed by atoms with Gasteiger partial charge in [0.25, 0.3) is 0 Å². The average Bonchev–Trinajstić information content (AvgIpc) is 2.51. The summed E-state index contributed by atoms with van der Waals surface area (Å²) in [6.07, 6.45) is 2.84. The first kappa shape index (κ1) is 18.4. The van der Waals surface area contributed by atoms with E-state index in [-0.39, 0.29) is 6.42 Å². The maximum Gasteiger partial charge on any atom is 0.311 e. The summed E-state index contributed by atoms with van der Waals surface area (Å²) in [5.74, 6) is -13.0. The van der Waals surface area contributed by atoms with Crippen LogP contribution in [0, 0.1) is 35.0 Å². The SMILES string of the molecule is CC[C@H](C)CCCCC(=O)Oc1c(F)c(F)c(F)c(F)c1F. The molecule has 7 heteroatoms. The van der Waals surface area contributed by atoms with Crippen molar-refractivity contribution in [2.45, 2.75) is 46.0 Å². The first-order chi connectivity index (χ1) is 10.3. The smallest absolute Gasteiger partial charge is 0.311 e. The maximum atomic E-state index is 13.3. The minimum atomic E-state index is -2.29. The molecule has 0 aliphatic heterocycles. The molecule has 0 bridgehead atoms. The van der Waals surface area contributed by atoms with Crippen molar-refractivity contribution in [2.75, 3.05) is 0 Å². The van der Waals surface area contributed by atoms with Crippen LogP contribution in [0.25, 0.3) is 0 Å². The Balaban J connectivity index is 2.66. The van der Waals surface area contributed by atoms with Crippen molar-refractivity contribution in [1.29, 1.82) is 0 Å². The zero-order chi connectivity index (χ0) is 16.9. The van der Waals surface area contributed by atoms with E-state index in [9.17, 15) is 26.7 Å². The number of benzene rings is 1.